The Hall–Kier alpha value is -3.46. The van der Waals surface area contributed by atoms with Crippen LogP contribution in [0.3, 0.4) is 0 Å². The molecule has 9 heteroatoms. The average Bonchev–Trinajstić information content (AvgIpc) is 3.14. The minimum absolute atomic E-state index is 0.0995. The zero-order valence-electron chi connectivity index (χ0n) is 15.7. The molecule has 2 aromatic carbocycles. The number of urea groups is 1. The van der Waals surface area contributed by atoms with Gasteiger partial charge in [0.05, 0.1) is 13.1 Å². The number of aromatic nitrogens is 2. The maximum atomic E-state index is 13.2. The van der Waals surface area contributed by atoms with Crippen LogP contribution in [0, 0.1) is 5.82 Å². The number of amides is 2. The van der Waals surface area contributed by atoms with Gasteiger partial charge < -0.3 is 24.2 Å². The summed E-state index contributed by atoms with van der Waals surface area (Å²) < 4.78 is 29.1. The highest BCUT2D eigenvalue weighted by Crippen LogP contribution is 2.23. The fraction of sp³-hybridized carbons (Fsp3) is 0.250. The molecular formula is C20H19FN4O4. The van der Waals surface area contributed by atoms with Gasteiger partial charge in [-0.15, -0.1) is 0 Å². The van der Waals surface area contributed by atoms with Crippen molar-refractivity contribution in [2.24, 2.45) is 0 Å². The lowest BCUT2D eigenvalue weighted by atomic mass is 10.1. The Balaban J connectivity index is 1.27. The van der Waals surface area contributed by atoms with Crippen molar-refractivity contribution in [3.05, 3.63) is 60.2 Å². The van der Waals surface area contributed by atoms with Crippen LogP contribution in [0.2, 0.25) is 0 Å². The standard InChI is InChI=1S/C20H19FN4O4/c1-27-12-18-23-19(24-29-18)13-5-7-16(8-6-13)28-17-10-25(11-17)20(26)22-15-4-2-3-14(21)9-15/h2-9,17H,10-12H2,1H3,(H,22,26). The van der Waals surface area contributed by atoms with Gasteiger partial charge >= 0.3 is 6.03 Å². The molecule has 4 rings (SSSR count). The first-order chi connectivity index (χ1) is 14.1. The van der Waals surface area contributed by atoms with Crippen molar-refractivity contribution in [2.75, 3.05) is 25.5 Å². The number of anilines is 1. The lowest BCUT2D eigenvalue weighted by Crippen LogP contribution is -2.57. The number of likely N-dealkylation sites (tertiary alicyclic amines) is 1. The van der Waals surface area contributed by atoms with Gasteiger partial charge in [-0.3, -0.25) is 0 Å². The van der Waals surface area contributed by atoms with Crippen molar-refractivity contribution < 1.29 is 23.2 Å². The van der Waals surface area contributed by atoms with Crippen LogP contribution >= 0.6 is 0 Å². The van der Waals surface area contributed by atoms with Gasteiger partial charge in [0.2, 0.25) is 5.82 Å². The molecule has 0 aliphatic carbocycles. The molecule has 150 valence electrons. The molecule has 1 N–H and O–H groups in total. The molecule has 0 radical (unpaired) electrons. The van der Waals surface area contributed by atoms with E-state index in [1.807, 2.05) is 24.3 Å². The normalized spacial score (nSPS) is 13.8. The zero-order valence-corrected chi connectivity index (χ0v) is 15.7. The fourth-order valence-corrected chi connectivity index (χ4v) is 2.88. The number of hydrogen-bond donors (Lipinski definition) is 1. The number of carbonyl (C=O) groups excluding carboxylic acids is 1. The van der Waals surface area contributed by atoms with E-state index in [9.17, 15) is 9.18 Å². The van der Waals surface area contributed by atoms with E-state index in [0.717, 1.165) is 5.56 Å². The third-order valence-corrected chi connectivity index (χ3v) is 4.36. The largest absolute Gasteiger partial charge is 0.487 e. The highest BCUT2D eigenvalue weighted by Gasteiger charge is 2.32. The Morgan fingerprint density at radius 1 is 1.28 bits per heavy atom. The molecule has 8 nitrogen and oxygen atoms in total. The van der Waals surface area contributed by atoms with E-state index < -0.39 is 5.82 Å². The monoisotopic (exact) mass is 398 g/mol. The minimum atomic E-state index is -0.396. The van der Waals surface area contributed by atoms with E-state index in [2.05, 4.69) is 15.5 Å². The number of hydrogen-bond acceptors (Lipinski definition) is 6. The predicted octanol–water partition coefficient (Wildman–Crippen LogP) is 3.32. The van der Waals surface area contributed by atoms with Crippen LogP contribution in [0.5, 0.6) is 5.75 Å². The van der Waals surface area contributed by atoms with Crippen LogP contribution in [-0.2, 0) is 11.3 Å². The van der Waals surface area contributed by atoms with Crippen LogP contribution in [0.1, 0.15) is 5.89 Å². The second kappa shape index (κ2) is 8.27. The quantitative estimate of drug-likeness (QED) is 0.685. The minimum Gasteiger partial charge on any atom is -0.487 e. The summed E-state index contributed by atoms with van der Waals surface area (Å²) in [5.74, 6) is 1.18. The highest BCUT2D eigenvalue weighted by atomic mass is 19.1. The number of carbonyl (C=O) groups is 1. The molecule has 1 aliphatic heterocycles. The van der Waals surface area contributed by atoms with E-state index in [0.29, 0.717) is 36.2 Å². The summed E-state index contributed by atoms with van der Waals surface area (Å²) in [6.45, 7) is 1.17. The number of nitrogens with zero attached hydrogens (tertiary/aromatic N) is 3. The van der Waals surface area contributed by atoms with Crippen molar-refractivity contribution in [3.63, 3.8) is 0 Å². The first-order valence-electron chi connectivity index (χ1n) is 9.01. The summed E-state index contributed by atoms with van der Waals surface area (Å²) in [7, 11) is 1.56. The van der Waals surface area contributed by atoms with E-state index in [-0.39, 0.29) is 18.7 Å². The molecule has 1 aliphatic rings. The Kier molecular flexibility index (Phi) is 5.39. The lowest BCUT2D eigenvalue weighted by molar-refractivity contribution is 0.0493. The fourth-order valence-electron chi connectivity index (χ4n) is 2.88. The molecule has 1 aromatic heterocycles. The molecule has 1 fully saturated rings. The van der Waals surface area contributed by atoms with Crippen LogP contribution in [0.4, 0.5) is 14.9 Å². The van der Waals surface area contributed by atoms with Crippen molar-refractivity contribution in [1.82, 2.24) is 15.0 Å². The maximum absolute atomic E-state index is 13.2. The topological polar surface area (TPSA) is 89.7 Å². The van der Waals surface area contributed by atoms with Gasteiger partial charge in [0.1, 0.15) is 24.3 Å². The molecule has 0 bridgehead atoms. The highest BCUT2D eigenvalue weighted by molar-refractivity contribution is 5.89. The Labute approximate surface area is 166 Å². The molecular weight excluding hydrogens is 379 g/mol. The molecule has 29 heavy (non-hydrogen) atoms. The van der Waals surface area contributed by atoms with E-state index >= 15 is 0 Å². The Bertz CT molecular complexity index is 986. The summed E-state index contributed by atoms with van der Waals surface area (Å²) in [4.78, 5) is 18.0. The lowest BCUT2D eigenvalue weighted by Gasteiger charge is -2.38. The number of methoxy groups -OCH3 is 1. The number of rotatable bonds is 6. The summed E-state index contributed by atoms with van der Waals surface area (Å²) in [5.41, 5.74) is 1.22. The van der Waals surface area contributed by atoms with Crippen molar-refractivity contribution in [3.8, 4) is 17.1 Å². The van der Waals surface area contributed by atoms with Crippen LogP contribution in [-0.4, -0.2) is 47.4 Å². The summed E-state index contributed by atoms with van der Waals surface area (Å²) in [6, 6.07) is 12.8. The second-order valence-electron chi connectivity index (χ2n) is 6.55. The van der Waals surface area contributed by atoms with Crippen LogP contribution in [0.25, 0.3) is 11.4 Å². The van der Waals surface area contributed by atoms with E-state index in [1.54, 1.807) is 24.1 Å². The summed E-state index contributed by atoms with van der Waals surface area (Å²) in [5, 5.41) is 6.58. The molecule has 0 spiro atoms. The zero-order chi connectivity index (χ0) is 20.2. The SMILES string of the molecule is COCc1nc(-c2ccc(OC3CN(C(=O)Nc4cccc(F)c4)C3)cc2)no1. The van der Waals surface area contributed by atoms with Crippen molar-refractivity contribution in [1.29, 1.82) is 0 Å². The third kappa shape index (κ3) is 4.52. The van der Waals surface area contributed by atoms with Crippen molar-refractivity contribution in [2.45, 2.75) is 12.7 Å². The summed E-state index contributed by atoms with van der Waals surface area (Å²) in [6.07, 6.45) is -0.0995. The number of halogens is 1. The van der Waals surface area contributed by atoms with Gasteiger partial charge in [-0.05, 0) is 42.5 Å². The first kappa shape index (κ1) is 18.9. The van der Waals surface area contributed by atoms with Gasteiger partial charge in [0, 0.05) is 18.4 Å². The number of ether oxygens (including phenoxy) is 2. The molecule has 0 unspecified atom stereocenters. The first-order valence-corrected chi connectivity index (χ1v) is 9.01. The molecule has 0 saturated carbocycles. The van der Waals surface area contributed by atoms with Crippen LogP contribution in [0.15, 0.2) is 53.1 Å². The van der Waals surface area contributed by atoms with Crippen molar-refractivity contribution >= 4 is 11.7 Å². The number of benzene rings is 2. The van der Waals surface area contributed by atoms with E-state index in [1.165, 1.54) is 12.1 Å². The third-order valence-electron chi connectivity index (χ3n) is 4.36. The van der Waals surface area contributed by atoms with Gasteiger partial charge in [0.15, 0.2) is 0 Å². The van der Waals surface area contributed by atoms with Gasteiger partial charge in [-0.2, -0.15) is 4.98 Å². The van der Waals surface area contributed by atoms with Gasteiger partial charge in [-0.1, -0.05) is 11.2 Å². The summed E-state index contributed by atoms with van der Waals surface area (Å²) >= 11 is 0. The molecule has 2 amide bonds. The smallest absolute Gasteiger partial charge is 0.322 e. The average molecular weight is 398 g/mol. The second-order valence-corrected chi connectivity index (χ2v) is 6.55. The molecule has 1 saturated heterocycles. The van der Waals surface area contributed by atoms with Gasteiger partial charge in [0.25, 0.3) is 5.89 Å². The van der Waals surface area contributed by atoms with Gasteiger partial charge in [-0.25, -0.2) is 9.18 Å². The number of nitrogens with one attached hydrogen (secondary N) is 1. The Morgan fingerprint density at radius 3 is 2.79 bits per heavy atom. The maximum Gasteiger partial charge on any atom is 0.322 e. The van der Waals surface area contributed by atoms with Crippen LogP contribution < -0.4 is 10.1 Å². The molecule has 3 aromatic rings. The van der Waals surface area contributed by atoms with E-state index in [4.69, 9.17) is 14.0 Å². The molecule has 0 atom stereocenters. The predicted molar refractivity (Wildman–Crippen MR) is 102 cm³/mol. The molecule has 2 heterocycles. The Morgan fingerprint density at radius 2 is 2.07 bits per heavy atom.